The van der Waals surface area contributed by atoms with E-state index in [1.807, 2.05) is 0 Å². The molecule has 2 unspecified atom stereocenters. The highest BCUT2D eigenvalue weighted by atomic mass is 16.5. The van der Waals surface area contributed by atoms with Crippen LogP contribution in [0.1, 0.15) is 19.8 Å². The van der Waals surface area contributed by atoms with Crippen LogP contribution in [0, 0.1) is 5.92 Å². The average Bonchev–Trinajstić information content (AvgIpc) is 2.24. The molecule has 0 bridgehead atoms. The lowest BCUT2D eigenvalue weighted by Gasteiger charge is -2.27. The first-order valence-electron chi connectivity index (χ1n) is 5.53. The minimum atomic E-state index is -0.821. The summed E-state index contributed by atoms with van der Waals surface area (Å²) in [6, 6.07) is -0.127. The van der Waals surface area contributed by atoms with E-state index in [2.05, 4.69) is 22.3 Å². The van der Waals surface area contributed by atoms with Crippen LogP contribution in [0.3, 0.4) is 0 Å². The van der Waals surface area contributed by atoms with E-state index in [1.54, 1.807) is 0 Å². The van der Waals surface area contributed by atoms with Gasteiger partial charge in [0.15, 0.2) is 0 Å². The van der Waals surface area contributed by atoms with Gasteiger partial charge in [-0.05, 0) is 25.3 Å². The molecule has 16 heavy (non-hydrogen) atoms. The SMILES string of the molecule is CC1CCNC(C(=O)NCCOC(N)=O)C1. The Balaban J connectivity index is 2.16. The van der Waals surface area contributed by atoms with E-state index in [9.17, 15) is 9.59 Å². The molecule has 1 aliphatic heterocycles. The molecule has 1 aliphatic rings. The quantitative estimate of drug-likeness (QED) is 0.571. The average molecular weight is 229 g/mol. The van der Waals surface area contributed by atoms with Gasteiger partial charge >= 0.3 is 6.09 Å². The zero-order valence-electron chi connectivity index (χ0n) is 9.49. The van der Waals surface area contributed by atoms with E-state index in [4.69, 9.17) is 5.73 Å². The third-order valence-electron chi connectivity index (χ3n) is 2.63. The van der Waals surface area contributed by atoms with Crippen LogP contribution in [0.2, 0.25) is 0 Å². The van der Waals surface area contributed by atoms with Gasteiger partial charge in [-0.1, -0.05) is 6.92 Å². The number of hydrogen-bond acceptors (Lipinski definition) is 4. The predicted molar refractivity (Wildman–Crippen MR) is 58.7 cm³/mol. The fraction of sp³-hybridized carbons (Fsp3) is 0.800. The summed E-state index contributed by atoms with van der Waals surface area (Å²) in [5.41, 5.74) is 4.78. The number of nitrogens with one attached hydrogen (secondary N) is 2. The van der Waals surface area contributed by atoms with Crippen LogP contribution in [-0.4, -0.2) is 37.7 Å². The number of ether oxygens (including phenoxy) is 1. The standard InChI is InChI=1S/C10H19N3O3/c1-7-2-3-12-8(6-7)9(14)13-4-5-16-10(11)15/h7-8,12H,2-6H2,1H3,(H2,11,15)(H,13,14). The van der Waals surface area contributed by atoms with Crippen molar-refractivity contribution in [2.75, 3.05) is 19.7 Å². The molecule has 1 saturated heterocycles. The van der Waals surface area contributed by atoms with Crippen LogP contribution in [0.5, 0.6) is 0 Å². The predicted octanol–water partition coefficient (Wildman–Crippen LogP) is -0.414. The van der Waals surface area contributed by atoms with Crippen molar-refractivity contribution in [3.05, 3.63) is 0 Å². The number of hydrogen-bond donors (Lipinski definition) is 3. The van der Waals surface area contributed by atoms with Gasteiger partial charge in [-0.3, -0.25) is 4.79 Å². The Morgan fingerprint density at radius 1 is 1.56 bits per heavy atom. The Bertz CT molecular complexity index is 258. The molecule has 0 aromatic heterocycles. The largest absolute Gasteiger partial charge is 0.448 e. The van der Waals surface area contributed by atoms with Crippen LogP contribution in [-0.2, 0) is 9.53 Å². The van der Waals surface area contributed by atoms with Crippen molar-refractivity contribution in [3.8, 4) is 0 Å². The zero-order valence-corrected chi connectivity index (χ0v) is 9.49. The summed E-state index contributed by atoms with van der Waals surface area (Å²) in [5, 5.41) is 5.85. The highest BCUT2D eigenvalue weighted by Crippen LogP contribution is 2.14. The molecule has 4 N–H and O–H groups in total. The van der Waals surface area contributed by atoms with Crippen LogP contribution in [0.4, 0.5) is 4.79 Å². The molecule has 0 aromatic carbocycles. The Morgan fingerprint density at radius 2 is 2.31 bits per heavy atom. The molecule has 0 spiro atoms. The van der Waals surface area contributed by atoms with E-state index in [-0.39, 0.29) is 18.6 Å². The van der Waals surface area contributed by atoms with E-state index >= 15 is 0 Å². The fourth-order valence-corrected chi connectivity index (χ4v) is 1.76. The smallest absolute Gasteiger partial charge is 0.404 e. The van der Waals surface area contributed by atoms with Crippen molar-refractivity contribution in [2.24, 2.45) is 11.7 Å². The number of carbonyl (C=O) groups is 2. The molecule has 0 radical (unpaired) electrons. The van der Waals surface area contributed by atoms with Gasteiger partial charge in [0.05, 0.1) is 12.6 Å². The Kier molecular flexibility index (Phi) is 5.04. The molecule has 1 rings (SSSR count). The minimum Gasteiger partial charge on any atom is -0.448 e. The molecular formula is C10H19N3O3. The second kappa shape index (κ2) is 6.32. The van der Waals surface area contributed by atoms with E-state index in [1.165, 1.54) is 0 Å². The highest BCUT2D eigenvalue weighted by Gasteiger charge is 2.23. The summed E-state index contributed by atoms with van der Waals surface area (Å²) in [7, 11) is 0. The molecule has 1 heterocycles. The van der Waals surface area contributed by atoms with Gasteiger partial charge in [-0.15, -0.1) is 0 Å². The Morgan fingerprint density at radius 3 is 2.94 bits per heavy atom. The lowest BCUT2D eigenvalue weighted by molar-refractivity contribution is -0.124. The first kappa shape index (κ1) is 12.8. The van der Waals surface area contributed by atoms with Crippen molar-refractivity contribution >= 4 is 12.0 Å². The number of amides is 2. The monoisotopic (exact) mass is 229 g/mol. The van der Waals surface area contributed by atoms with E-state index in [0.29, 0.717) is 12.5 Å². The molecule has 6 nitrogen and oxygen atoms in total. The first-order valence-corrected chi connectivity index (χ1v) is 5.53. The molecule has 92 valence electrons. The topological polar surface area (TPSA) is 93.4 Å². The number of rotatable bonds is 4. The molecule has 2 atom stereocenters. The van der Waals surface area contributed by atoms with Crippen LogP contribution < -0.4 is 16.4 Å². The van der Waals surface area contributed by atoms with Gasteiger partial charge in [0, 0.05) is 0 Å². The van der Waals surface area contributed by atoms with Gasteiger partial charge in [-0.25, -0.2) is 4.79 Å². The lowest BCUT2D eigenvalue weighted by atomic mass is 9.94. The fourth-order valence-electron chi connectivity index (χ4n) is 1.76. The number of nitrogens with two attached hydrogens (primary N) is 1. The van der Waals surface area contributed by atoms with Crippen molar-refractivity contribution < 1.29 is 14.3 Å². The molecule has 0 saturated carbocycles. The van der Waals surface area contributed by atoms with Crippen molar-refractivity contribution in [1.29, 1.82) is 0 Å². The van der Waals surface area contributed by atoms with Crippen molar-refractivity contribution in [1.82, 2.24) is 10.6 Å². The first-order chi connectivity index (χ1) is 7.59. The number of piperidine rings is 1. The molecule has 0 aliphatic carbocycles. The zero-order chi connectivity index (χ0) is 12.0. The van der Waals surface area contributed by atoms with Gasteiger partial charge in [0.25, 0.3) is 0 Å². The van der Waals surface area contributed by atoms with Gasteiger partial charge in [0.2, 0.25) is 5.91 Å². The maximum Gasteiger partial charge on any atom is 0.404 e. The Hall–Kier alpha value is -1.30. The summed E-state index contributed by atoms with van der Waals surface area (Å²) >= 11 is 0. The molecule has 1 fully saturated rings. The second-order valence-electron chi connectivity index (χ2n) is 4.09. The van der Waals surface area contributed by atoms with E-state index in [0.717, 1.165) is 19.4 Å². The normalized spacial score (nSPS) is 24.8. The second-order valence-corrected chi connectivity index (χ2v) is 4.09. The molecule has 2 amide bonds. The lowest BCUT2D eigenvalue weighted by Crippen LogP contribution is -2.49. The summed E-state index contributed by atoms with van der Waals surface area (Å²) < 4.78 is 4.50. The third-order valence-corrected chi connectivity index (χ3v) is 2.63. The maximum atomic E-state index is 11.6. The van der Waals surface area contributed by atoms with E-state index < -0.39 is 6.09 Å². The van der Waals surface area contributed by atoms with Crippen LogP contribution >= 0.6 is 0 Å². The molecule has 6 heteroatoms. The molecular weight excluding hydrogens is 210 g/mol. The van der Waals surface area contributed by atoms with Crippen molar-refractivity contribution in [3.63, 3.8) is 0 Å². The summed E-state index contributed by atoms with van der Waals surface area (Å²) in [4.78, 5) is 21.9. The van der Waals surface area contributed by atoms with Gasteiger partial charge in [0.1, 0.15) is 6.61 Å². The minimum absolute atomic E-state index is 0.0420. The van der Waals surface area contributed by atoms with Gasteiger partial charge in [-0.2, -0.15) is 0 Å². The summed E-state index contributed by atoms with van der Waals surface area (Å²) in [6.45, 7) is 3.42. The van der Waals surface area contributed by atoms with Gasteiger partial charge < -0.3 is 21.1 Å². The number of carbonyl (C=O) groups excluding carboxylic acids is 2. The summed E-state index contributed by atoms with van der Waals surface area (Å²) in [5.74, 6) is 0.526. The third kappa shape index (κ3) is 4.48. The Labute approximate surface area is 94.9 Å². The highest BCUT2D eigenvalue weighted by molar-refractivity contribution is 5.81. The van der Waals surface area contributed by atoms with Crippen molar-refractivity contribution in [2.45, 2.75) is 25.8 Å². The maximum absolute atomic E-state index is 11.6. The van der Waals surface area contributed by atoms with Crippen LogP contribution in [0.15, 0.2) is 0 Å². The van der Waals surface area contributed by atoms with Crippen LogP contribution in [0.25, 0.3) is 0 Å². The number of primary amides is 1. The summed E-state index contributed by atoms with van der Waals surface area (Å²) in [6.07, 6.45) is 1.13. The molecule has 0 aromatic rings.